The van der Waals surface area contributed by atoms with Crippen molar-refractivity contribution >= 4 is 35.0 Å². The molecule has 1 aromatic heterocycles. The molecule has 0 bridgehead atoms. The maximum Gasteiger partial charge on any atom is 0.116 e. The van der Waals surface area contributed by atoms with Crippen molar-refractivity contribution < 1.29 is 0 Å². The van der Waals surface area contributed by atoms with Gasteiger partial charge in [-0.15, -0.1) is 23.4 Å². The molecule has 5 heteroatoms. The molecule has 1 rings (SSSR count). The second kappa shape index (κ2) is 6.22. The predicted molar refractivity (Wildman–Crippen MR) is 64.6 cm³/mol. The summed E-state index contributed by atoms with van der Waals surface area (Å²) < 4.78 is 0. The van der Waals surface area contributed by atoms with Crippen LogP contribution in [0, 0.1) is 17.2 Å². The van der Waals surface area contributed by atoms with Crippen LogP contribution in [0.15, 0.2) is 17.3 Å². The topological polar surface area (TPSA) is 36.7 Å². The van der Waals surface area contributed by atoms with Gasteiger partial charge in [-0.25, -0.2) is 4.98 Å². The largest absolute Gasteiger partial charge is 0.248 e. The average Bonchev–Trinajstić information content (AvgIpc) is 2.27. The molecule has 1 atom stereocenters. The Balaban J connectivity index is 2.74. The van der Waals surface area contributed by atoms with Gasteiger partial charge in [0.05, 0.1) is 10.6 Å². The molecular formula is C10H10Cl2N2S. The lowest BCUT2D eigenvalue weighted by atomic mass is 10.3. The maximum absolute atomic E-state index is 8.77. The van der Waals surface area contributed by atoms with Crippen molar-refractivity contribution in [3.63, 3.8) is 0 Å². The molecule has 0 radical (unpaired) electrons. The highest BCUT2D eigenvalue weighted by atomic mass is 35.5. The second-order valence-electron chi connectivity index (χ2n) is 3.16. The van der Waals surface area contributed by atoms with E-state index in [0.717, 1.165) is 5.75 Å². The fourth-order valence-corrected chi connectivity index (χ4v) is 2.37. The molecular weight excluding hydrogens is 251 g/mol. The Morgan fingerprint density at radius 2 is 2.40 bits per heavy atom. The van der Waals surface area contributed by atoms with E-state index in [9.17, 15) is 0 Å². The summed E-state index contributed by atoms with van der Waals surface area (Å²) in [4.78, 5) is 4.13. The lowest BCUT2D eigenvalue weighted by molar-refractivity contribution is 0.758. The van der Waals surface area contributed by atoms with Crippen molar-refractivity contribution in [1.29, 1.82) is 5.26 Å². The molecule has 0 fully saturated rings. The van der Waals surface area contributed by atoms with Crippen LogP contribution in [0.3, 0.4) is 0 Å². The van der Waals surface area contributed by atoms with Gasteiger partial charge in [0.2, 0.25) is 0 Å². The summed E-state index contributed by atoms with van der Waals surface area (Å²) in [7, 11) is 0. The zero-order valence-corrected chi connectivity index (χ0v) is 10.5. The SMILES string of the molecule is CC(CCl)CSc1nccc(C#N)c1Cl. The van der Waals surface area contributed by atoms with E-state index >= 15 is 0 Å². The zero-order valence-electron chi connectivity index (χ0n) is 8.20. The van der Waals surface area contributed by atoms with Gasteiger partial charge in [-0.1, -0.05) is 18.5 Å². The van der Waals surface area contributed by atoms with Crippen LogP contribution in [-0.4, -0.2) is 16.6 Å². The van der Waals surface area contributed by atoms with Crippen molar-refractivity contribution in [1.82, 2.24) is 4.98 Å². The van der Waals surface area contributed by atoms with E-state index in [1.807, 2.05) is 6.07 Å². The van der Waals surface area contributed by atoms with Crippen LogP contribution in [0.1, 0.15) is 12.5 Å². The monoisotopic (exact) mass is 260 g/mol. The third-order valence-corrected chi connectivity index (χ3v) is 4.09. The number of rotatable bonds is 4. The van der Waals surface area contributed by atoms with Crippen LogP contribution >= 0.6 is 35.0 Å². The molecule has 0 aliphatic carbocycles. The molecule has 0 spiro atoms. The minimum atomic E-state index is 0.403. The van der Waals surface area contributed by atoms with Crippen LogP contribution in [-0.2, 0) is 0 Å². The average molecular weight is 261 g/mol. The molecule has 0 aliphatic heterocycles. The van der Waals surface area contributed by atoms with Crippen molar-refractivity contribution in [3.05, 3.63) is 22.8 Å². The number of hydrogen-bond acceptors (Lipinski definition) is 3. The molecule has 0 aromatic carbocycles. The fraction of sp³-hybridized carbons (Fsp3) is 0.400. The second-order valence-corrected chi connectivity index (χ2v) is 4.86. The number of nitrogens with zero attached hydrogens (tertiary/aromatic N) is 2. The van der Waals surface area contributed by atoms with Crippen molar-refractivity contribution in [3.8, 4) is 6.07 Å². The maximum atomic E-state index is 8.77. The Hall–Kier alpha value is -0.430. The van der Waals surface area contributed by atoms with E-state index in [-0.39, 0.29) is 0 Å². The van der Waals surface area contributed by atoms with Crippen LogP contribution in [0.2, 0.25) is 5.02 Å². The normalized spacial score (nSPS) is 12.1. The lowest BCUT2D eigenvalue weighted by Gasteiger charge is -2.07. The highest BCUT2D eigenvalue weighted by Crippen LogP contribution is 2.28. The highest BCUT2D eigenvalue weighted by molar-refractivity contribution is 7.99. The predicted octanol–water partition coefficient (Wildman–Crippen LogP) is 3.57. The first kappa shape index (κ1) is 12.6. The first-order chi connectivity index (χ1) is 7.19. The Morgan fingerprint density at radius 3 is 3.00 bits per heavy atom. The summed E-state index contributed by atoms with van der Waals surface area (Å²) in [6, 6.07) is 3.63. The summed E-state index contributed by atoms with van der Waals surface area (Å²) in [6.07, 6.45) is 1.60. The number of thioether (sulfide) groups is 1. The van der Waals surface area contributed by atoms with Gasteiger partial charge < -0.3 is 0 Å². The van der Waals surface area contributed by atoms with Gasteiger partial charge in [0, 0.05) is 17.8 Å². The number of aromatic nitrogens is 1. The zero-order chi connectivity index (χ0) is 11.3. The molecule has 1 unspecified atom stereocenters. The third-order valence-electron chi connectivity index (χ3n) is 1.75. The first-order valence-corrected chi connectivity index (χ1v) is 6.32. The molecule has 0 N–H and O–H groups in total. The highest BCUT2D eigenvalue weighted by Gasteiger charge is 2.09. The van der Waals surface area contributed by atoms with Gasteiger partial charge >= 0.3 is 0 Å². The standard InChI is InChI=1S/C10H10Cl2N2S/c1-7(4-11)6-15-10-9(12)8(5-13)2-3-14-10/h2-3,7H,4,6H2,1H3. The van der Waals surface area contributed by atoms with E-state index in [1.54, 1.807) is 12.3 Å². The van der Waals surface area contributed by atoms with Crippen LogP contribution in [0.25, 0.3) is 0 Å². The minimum Gasteiger partial charge on any atom is -0.248 e. The van der Waals surface area contributed by atoms with E-state index in [1.165, 1.54) is 11.8 Å². The number of halogens is 2. The number of alkyl halides is 1. The molecule has 0 saturated heterocycles. The van der Waals surface area contributed by atoms with Gasteiger partial charge in [-0.2, -0.15) is 5.26 Å². The van der Waals surface area contributed by atoms with E-state index < -0.39 is 0 Å². The quantitative estimate of drug-likeness (QED) is 0.614. The number of nitriles is 1. The minimum absolute atomic E-state index is 0.403. The Morgan fingerprint density at radius 1 is 1.67 bits per heavy atom. The van der Waals surface area contributed by atoms with Crippen molar-refractivity contribution in [2.75, 3.05) is 11.6 Å². The molecule has 15 heavy (non-hydrogen) atoms. The van der Waals surface area contributed by atoms with Crippen molar-refractivity contribution in [2.24, 2.45) is 5.92 Å². The van der Waals surface area contributed by atoms with Gasteiger partial charge in [0.25, 0.3) is 0 Å². The summed E-state index contributed by atoms with van der Waals surface area (Å²) in [5, 5.41) is 9.91. The van der Waals surface area contributed by atoms with Crippen LogP contribution in [0.4, 0.5) is 0 Å². The fourth-order valence-electron chi connectivity index (χ4n) is 0.877. The van der Waals surface area contributed by atoms with Crippen LogP contribution < -0.4 is 0 Å². The van der Waals surface area contributed by atoms with E-state index in [2.05, 4.69) is 11.9 Å². The molecule has 2 nitrogen and oxygen atoms in total. The molecule has 0 aliphatic rings. The van der Waals surface area contributed by atoms with E-state index in [0.29, 0.717) is 27.4 Å². The molecule has 1 heterocycles. The summed E-state index contributed by atoms with van der Waals surface area (Å²) >= 11 is 13.2. The van der Waals surface area contributed by atoms with E-state index in [4.69, 9.17) is 28.5 Å². The molecule has 1 aromatic rings. The smallest absolute Gasteiger partial charge is 0.116 e. The Kier molecular flexibility index (Phi) is 5.24. The lowest BCUT2D eigenvalue weighted by Crippen LogP contribution is -1.99. The van der Waals surface area contributed by atoms with Gasteiger partial charge in [0.1, 0.15) is 11.1 Å². The van der Waals surface area contributed by atoms with Gasteiger partial charge in [0.15, 0.2) is 0 Å². The first-order valence-electron chi connectivity index (χ1n) is 4.42. The van der Waals surface area contributed by atoms with Crippen molar-refractivity contribution in [2.45, 2.75) is 11.9 Å². The summed E-state index contributed by atoms with van der Waals surface area (Å²) in [6.45, 7) is 2.06. The summed E-state index contributed by atoms with van der Waals surface area (Å²) in [5.74, 6) is 1.87. The van der Waals surface area contributed by atoms with Gasteiger partial charge in [-0.3, -0.25) is 0 Å². The Bertz CT molecular complexity index is 376. The molecule has 80 valence electrons. The molecule has 0 saturated carbocycles. The number of pyridine rings is 1. The third kappa shape index (κ3) is 3.57. The summed E-state index contributed by atoms with van der Waals surface area (Å²) in [5.41, 5.74) is 0.465. The van der Waals surface area contributed by atoms with Gasteiger partial charge in [-0.05, 0) is 12.0 Å². The Labute approximate surface area is 104 Å². The molecule has 0 amide bonds. The number of hydrogen-bond donors (Lipinski definition) is 0. The van der Waals surface area contributed by atoms with Crippen LogP contribution in [0.5, 0.6) is 0 Å².